The molecule has 6 heteroatoms. The Bertz CT molecular complexity index is 773. The number of amides is 1. The molecule has 2 aromatic carbocycles. The number of halogens is 3. The van der Waals surface area contributed by atoms with Crippen molar-refractivity contribution in [2.75, 3.05) is 6.54 Å². The SMILES string of the molecule is CCCCc1cc(C(N2CCC(=O)N2)C(F)(F)F)c2ccccc2c1. The minimum Gasteiger partial charge on any atom is -0.288 e. The van der Waals surface area contributed by atoms with Gasteiger partial charge in [0.25, 0.3) is 0 Å². The number of carbonyl (C=O) groups excluding carboxylic acids is 1. The number of carbonyl (C=O) groups is 1. The summed E-state index contributed by atoms with van der Waals surface area (Å²) < 4.78 is 41.7. The maximum Gasteiger partial charge on any atom is 0.409 e. The standard InChI is InChI=1S/C19H21F3N2O/c1-2-3-6-13-11-14-7-4-5-8-15(14)16(12-13)18(19(20,21)22)24-10-9-17(25)23-24/h4-5,7-8,11-12,18H,2-3,6,9-10H2,1H3,(H,23,25). The van der Waals surface area contributed by atoms with Gasteiger partial charge in [-0.05, 0) is 34.7 Å². The average molecular weight is 350 g/mol. The number of unbranched alkanes of at least 4 members (excludes halogenated alkanes) is 1. The summed E-state index contributed by atoms with van der Waals surface area (Å²) in [6.45, 7) is 2.11. The van der Waals surface area contributed by atoms with Crippen molar-refractivity contribution in [2.24, 2.45) is 0 Å². The molecule has 3 rings (SSSR count). The molecule has 0 bridgehead atoms. The Balaban J connectivity index is 2.13. The van der Waals surface area contributed by atoms with Gasteiger partial charge >= 0.3 is 6.18 Å². The molecular weight excluding hydrogens is 329 g/mol. The summed E-state index contributed by atoms with van der Waals surface area (Å²) in [6.07, 6.45) is -1.75. The van der Waals surface area contributed by atoms with Crippen LogP contribution in [0.2, 0.25) is 0 Å². The highest BCUT2D eigenvalue weighted by Crippen LogP contribution is 2.41. The molecule has 1 fully saturated rings. The van der Waals surface area contributed by atoms with Crippen molar-refractivity contribution in [3.63, 3.8) is 0 Å². The predicted molar refractivity (Wildman–Crippen MR) is 90.8 cm³/mol. The van der Waals surface area contributed by atoms with Crippen LogP contribution in [0.1, 0.15) is 43.4 Å². The first kappa shape index (κ1) is 17.7. The third kappa shape index (κ3) is 3.79. The van der Waals surface area contributed by atoms with Gasteiger partial charge in [0.15, 0.2) is 6.04 Å². The molecule has 0 radical (unpaired) electrons. The van der Waals surface area contributed by atoms with Crippen LogP contribution in [0, 0.1) is 0 Å². The van der Waals surface area contributed by atoms with Crippen molar-refractivity contribution in [1.29, 1.82) is 0 Å². The molecule has 1 aliphatic heterocycles. The van der Waals surface area contributed by atoms with Crippen molar-refractivity contribution in [2.45, 2.75) is 44.8 Å². The molecule has 1 aliphatic rings. The largest absolute Gasteiger partial charge is 0.409 e. The van der Waals surface area contributed by atoms with E-state index in [1.165, 1.54) is 0 Å². The first-order chi connectivity index (χ1) is 11.9. The number of hydrazine groups is 1. The van der Waals surface area contributed by atoms with Crippen LogP contribution in [0.5, 0.6) is 0 Å². The summed E-state index contributed by atoms with van der Waals surface area (Å²) in [7, 11) is 0. The maximum atomic E-state index is 13.9. The summed E-state index contributed by atoms with van der Waals surface area (Å²) in [5.41, 5.74) is 3.47. The summed E-state index contributed by atoms with van der Waals surface area (Å²) in [4.78, 5) is 11.5. The van der Waals surface area contributed by atoms with Crippen LogP contribution in [0.4, 0.5) is 13.2 Å². The molecular formula is C19H21F3N2O. The molecule has 2 aromatic rings. The monoisotopic (exact) mass is 350 g/mol. The fraction of sp³-hybridized carbons (Fsp3) is 0.421. The van der Waals surface area contributed by atoms with E-state index in [4.69, 9.17) is 0 Å². The zero-order chi connectivity index (χ0) is 18.0. The molecule has 1 atom stereocenters. The van der Waals surface area contributed by atoms with Crippen LogP contribution in [-0.4, -0.2) is 23.6 Å². The van der Waals surface area contributed by atoms with Gasteiger partial charge in [-0.2, -0.15) is 13.2 Å². The third-order valence-corrected chi connectivity index (χ3v) is 4.54. The molecule has 1 N–H and O–H groups in total. The van der Waals surface area contributed by atoms with E-state index in [0.717, 1.165) is 35.2 Å². The van der Waals surface area contributed by atoms with Crippen molar-refractivity contribution in [3.05, 3.63) is 47.5 Å². The molecule has 25 heavy (non-hydrogen) atoms. The van der Waals surface area contributed by atoms with E-state index < -0.39 is 12.2 Å². The molecule has 0 saturated carbocycles. The number of benzene rings is 2. The number of rotatable bonds is 5. The summed E-state index contributed by atoms with van der Waals surface area (Å²) in [5.74, 6) is -0.374. The highest BCUT2D eigenvalue weighted by Gasteiger charge is 2.47. The van der Waals surface area contributed by atoms with Crippen LogP contribution in [0.25, 0.3) is 10.8 Å². The minimum atomic E-state index is -4.48. The highest BCUT2D eigenvalue weighted by atomic mass is 19.4. The summed E-state index contributed by atoms with van der Waals surface area (Å²) in [5, 5.41) is 2.39. The van der Waals surface area contributed by atoms with Gasteiger partial charge in [0.1, 0.15) is 0 Å². The zero-order valence-corrected chi connectivity index (χ0v) is 14.1. The Morgan fingerprint density at radius 3 is 2.64 bits per heavy atom. The van der Waals surface area contributed by atoms with Crippen LogP contribution in [0.3, 0.4) is 0 Å². The maximum absolute atomic E-state index is 13.9. The fourth-order valence-electron chi connectivity index (χ4n) is 3.36. The van der Waals surface area contributed by atoms with Gasteiger partial charge in [0, 0.05) is 13.0 Å². The number of alkyl halides is 3. The third-order valence-electron chi connectivity index (χ3n) is 4.54. The van der Waals surface area contributed by atoms with Gasteiger partial charge in [0.2, 0.25) is 5.91 Å². The van der Waals surface area contributed by atoms with Crippen molar-refractivity contribution < 1.29 is 18.0 Å². The second-order valence-electron chi connectivity index (χ2n) is 6.43. The number of fused-ring (bicyclic) bond motifs is 1. The van der Waals surface area contributed by atoms with E-state index in [-0.39, 0.29) is 24.4 Å². The van der Waals surface area contributed by atoms with E-state index in [9.17, 15) is 18.0 Å². The number of hydrogen-bond acceptors (Lipinski definition) is 2. The average Bonchev–Trinajstić information content (AvgIpc) is 2.97. The molecule has 0 spiro atoms. The number of nitrogens with one attached hydrogen (secondary N) is 1. The molecule has 1 amide bonds. The van der Waals surface area contributed by atoms with Crippen molar-refractivity contribution >= 4 is 16.7 Å². The van der Waals surface area contributed by atoms with Gasteiger partial charge in [-0.25, -0.2) is 5.01 Å². The highest BCUT2D eigenvalue weighted by molar-refractivity contribution is 5.87. The molecule has 1 heterocycles. The fourth-order valence-corrected chi connectivity index (χ4v) is 3.36. The Kier molecular flexibility index (Phi) is 4.99. The van der Waals surface area contributed by atoms with Crippen LogP contribution in [-0.2, 0) is 11.2 Å². The molecule has 0 aromatic heterocycles. The Morgan fingerprint density at radius 1 is 1.24 bits per heavy atom. The Morgan fingerprint density at radius 2 is 2.00 bits per heavy atom. The quantitative estimate of drug-likeness (QED) is 0.860. The Hall–Kier alpha value is -2.08. The first-order valence-electron chi connectivity index (χ1n) is 8.54. The minimum absolute atomic E-state index is 0.0521. The van der Waals surface area contributed by atoms with E-state index in [0.29, 0.717) is 5.39 Å². The smallest absolute Gasteiger partial charge is 0.288 e. The molecule has 134 valence electrons. The normalized spacial score (nSPS) is 17.0. The van der Waals surface area contributed by atoms with Crippen LogP contribution in [0.15, 0.2) is 36.4 Å². The lowest BCUT2D eigenvalue weighted by Crippen LogP contribution is -2.43. The Labute approximate surface area is 144 Å². The van der Waals surface area contributed by atoms with E-state index in [1.54, 1.807) is 18.2 Å². The molecule has 3 nitrogen and oxygen atoms in total. The van der Waals surface area contributed by atoms with E-state index in [1.807, 2.05) is 18.2 Å². The van der Waals surface area contributed by atoms with Gasteiger partial charge in [0.05, 0.1) is 0 Å². The first-order valence-corrected chi connectivity index (χ1v) is 8.54. The predicted octanol–water partition coefficient (Wildman–Crippen LogP) is 4.52. The lowest BCUT2D eigenvalue weighted by atomic mass is 9.93. The molecule has 1 saturated heterocycles. The second kappa shape index (κ2) is 7.04. The van der Waals surface area contributed by atoms with Gasteiger partial charge in [-0.3, -0.25) is 10.2 Å². The number of hydrogen-bond donors (Lipinski definition) is 1. The van der Waals surface area contributed by atoms with Gasteiger partial charge in [-0.15, -0.1) is 0 Å². The summed E-state index contributed by atoms with van der Waals surface area (Å²) >= 11 is 0. The van der Waals surface area contributed by atoms with Crippen molar-refractivity contribution in [3.8, 4) is 0 Å². The lowest BCUT2D eigenvalue weighted by molar-refractivity contribution is -0.190. The topological polar surface area (TPSA) is 32.3 Å². The summed E-state index contributed by atoms with van der Waals surface area (Å²) in [6, 6.07) is 8.90. The van der Waals surface area contributed by atoms with Crippen LogP contribution >= 0.6 is 0 Å². The zero-order valence-electron chi connectivity index (χ0n) is 14.1. The molecule has 0 aliphatic carbocycles. The van der Waals surface area contributed by atoms with Gasteiger partial charge < -0.3 is 0 Å². The van der Waals surface area contributed by atoms with Crippen molar-refractivity contribution in [1.82, 2.24) is 10.4 Å². The second-order valence-corrected chi connectivity index (χ2v) is 6.43. The van der Waals surface area contributed by atoms with E-state index in [2.05, 4.69) is 12.3 Å². The number of nitrogens with zero attached hydrogens (tertiary/aromatic N) is 1. The molecule has 1 unspecified atom stereocenters. The van der Waals surface area contributed by atoms with Gasteiger partial charge in [-0.1, -0.05) is 49.7 Å². The lowest BCUT2D eigenvalue weighted by Gasteiger charge is -2.30. The van der Waals surface area contributed by atoms with E-state index >= 15 is 0 Å². The van der Waals surface area contributed by atoms with Crippen LogP contribution < -0.4 is 5.43 Å². The number of aryl methyl sites for hydroxylation is 1.